The molecular weight excluding hydrogens is 208 g/mol. The number of nitrogens with zero attached hydrogens (tertiary/aromatic N) is 1. The van der Waals surface area contributed by atoms with Crippen molar-refractivity contribution in [3.63, 3.8) is 0 Å². The first-order chi connectivity index (χ1) is 7.35. The highest BCUT2D eigenvalue weighted by Gasteiger charge is 2.35. The number of methoxy groups -OCH3 is 1. The SMILES string of the molecule is COC(=O)C1CCCN1C(=N)OC(C)(C)C. The van der Waals surface area contributed by atoms with Crippen molar-refractivity contribution < 1.29 is 14.3 Å². The number of hydrogen-bond donors (Lipinski definition) is 1. The number of likely N-dealkylation sites (tertiary alicyclic amines) is 1. The van der Waals surface area contributed by atoms with Crippen LogP contribution in [-0.2, 0) is 14.3 Å². The summed E-state index contributed by atoms with van der Waals surface area (Å²) in [4.78, 5) is 13.1. The third kappa shape index (κ3) is 3.12. The molecule has 0 aliphatic carbocycles. The molecule has 1 aliphatic heterocycles. The van der Waals surface area contributed by atoms with Crippen molar-refractivity contribution >= 4 is 12.0 Å². The fourth-order valence-electron chi connectivity index (χ4n) is 1.74. The van der Waals surface area contributed by atoms with Gasteiger partial charge in [-0.2, -0.15) is 0 Å². The molecule has 1 fully saturated rings. The second-order valence-electron chi connectivity index (χ2n) is 4.89. The van der Waals surface area contributed by atoms with Crippen LogP contribution in [0.1, 0.15) is 33.6 Å². The van der Waals surface area contributed by atoms with Crippen molar-refractivity contribution in [1.82, 2.24) is 4.90 Å². The summed E-state index contributed by atoms with van der Waals surface area (Å²) >= 11 is 0. The fourth-order valence-corrected chi connectivity index (χ4v) is 1.74. The zero-order chi connectivity index (χ0) is 12.3. The molecule has 1 rings (SSSR count). The largest absolute Gasteiger partial charge is 0.467 e. The predicted molar refractivity (Wildman–Crippen MR) is 60.3 cm³/mol. The minimum absolute atomic E-state index is 0.0559. The quantitative estimate of drug-likeness (QED) is 0.418. The van der Waals surface area contributed by atoms with Crippen molar-refractivity contribution in [2.75, 3.05) is 13.7 Å². The van der Waals surface area contributed by atoms with Crippen LogP contribution in [0.2, 0.25) is 0 Å². The van der Waals surface area contributed by atoms with Gasteiger partial charge in [-0.15, -0.1) is 0 Å². The van der Waals surface area contributed by atoms with E-state index in [-0.39, 0.29) is 18.0 Å². The Morgan fingerprint density at radius 1 is 1.44 bits per heavy atom. The normalized spacial score (nSPS) is 20.8. The van der Waals surface area contributed by atoms with Crippen molar-refractivity contribution in [2.24, 2.45) is 0 Å². The molecule has 5 nitrogen and oxygen atoms in total. The lowest BCUT2D eigenvalue weighted by Gasteiger charge is -2.29. The standard InChI is InChI=1S/C11H20N2O3/c1-11(2,3)16-10(12)13-7-5-6-8(13)9(14)15-4/h8,12H,5-7H2,1-4H3. The van der Waals surface area contributed by atoms with Gasteiger partial charge in [-0.1, -0.05) is 0 Å². The molecule has 0 bridgehead atoms. The lowest BCUT2D eigenvalue weighted by molar-refractivity contribution is -0.145. The third-order valence-electron chi connectivity index (χ3n) is 2.39. The smallest absolute Gasteiger partial charge is 0.328 e. The van der Waals surface area contributed by atoms with Crippen LogP contribution in [0.4, 0.5) is 0 Å². The van der Waals surface area contributed by atoms with E-state index in [0.29, 0.717) is 6.54 Å². The van der Waals surface area contributed by atoms with E-state index in [1.54, 1.807) is 4.90 Å². The zero-order valence-corrected chi connectivity index (χ0v) is 10.4. The maximum absolute atomic E-state index is 11.5. The second kappa shape index (κ2) is 4.72. The van der Waals surface area contributed by atoms with Crippen LogP contribution in [-0.4, -0.2) is 42.2 Å². The van der Waals surface area contributed by atoms with Crippen LogP contribution < -0.4 is 0 Å². The van der Waals surface area contributed by atoms with E-state index < -0.39 is 5.60 Å². The monoisotopic (exact) mass is 228 g/mol. The molecule has 1 atom stereocenters. The number of carbonyl (C=O) groups excluding carboxylic acids is 1. The van der Waals surface area contributed by atoms with Crippen LogP contribution in [0, 0.1) is 5.41 Å². The number of carbonyl (C=O) groups is 1. The van der Waals surface area contributed by atoms with Crippen molar-refractivity contribution in [1.29, 1.82) is 5.41 Å². The molecule has 92 valence electrons. The van der Waals surface area contributed by atoms with Gasteiger partial charge < -0.3 is 14.4 Å². The van der Waals surface area contributed by atoms with Gasteiger partial charge in [0, 0.05) is 6.54 Å². The minimum Gasteiger partial charge on any atom is -0.467 e. The molecule has 16 heavy (non-hydrogen) atoms. The van der Waals surface area contributed by atoms with Gasteiger partial charge in [0.1, 0.15) is 11.6 Å². The van der Waals surface area contributed by atoms with Gasteiger partial charge in [-0.3, -0.25) is 5.41 Å². The first-order valence-corrected chi connectivity index (χ1v) is 5.47. The Morgan fingerprint density at radius 3 is 2.56 bits per heavy atom. The maximum Gasteiger partial charge on any atom is 0.328 e. The molecular formula is C11H20N2O3. The molecule has 0 spiro atoms. The van der Waals surface area contributed by atoms with Gasteiger partial charge in [0.25, 0.3) is 6.02 Å². The van der Waals surface area contributed by atoms with Crippen molar-refractivity contribution in [3.05, 3.63) is 0 Å². The summed E-state index contributed by atoms with van der Waals surface area (Å²) in [6.07, 6.45) is 1.61. The van der Waals surface area contributed by atoms with Crippen LogP contribution in [0.15, 0.2) is 0 Å². The number of hydrogen-bond acceptors (Lipinski definition) is 4. The van der Waals surface area contributed by atoms with E-state index in [2.05, 4.69) is 0 Å². The summed E-state index contributed by atoms with van der Waals surface area (Å²) in [7, 11) is 1.37. The number of rotatable bonds is 1. The minimum atomic E-state index is -0.416. The number of nitrogens with one attached hydrogen (secondary N) is 1. The maximum atomic E-state index is 11.5. The predicted octanol–water partition coefficient (Wildman–Crippen LogP) is 1.37. The van der Waals surface area contributed by atoms with E-state index in [1.807, 2.05) is 20.8 Å². The molecule has 1 aliphatic rings. The first kappa shape index (κ1) is 12.8. The van der Waals surface area contributed by atoms with Gasteiger partial charge in [-0.05, 0) is 33.6 Å². The molecule has 0 amide bonds. The zero-order valence-electron chi connectivity index (χ0n) is 10.4. The van der Waals surface area contributed by atoms with Gasteiger partial charge in [0.2, 0.25) is 0 Å². The van der Waals surface area contributed by atoms with Gasteiger partial charge in [0.05, 0.1) is 7.11 Å². The molecule has 1 N–H and O–H groups in total. The Kier molecular flexibility index (Phi) is 3.78. The molecule has 1 saturated heterocycles. The van der Waals surface area contributed by atoms with E-state index in [1.165, 1.54) is 7.11 Å². The molecule has 0 radical (unpaired) electrons. The number of esters is 1. The van der Waals surface area contributed by atoms with Gasteiger partial charge in [0.15, 0.2) is 0 Å². The lowest BCUT2D eigenvalue weighted by Crippen LogP contribution is -2.44. The van der Waals surface area contributed by atoms with Gasteiger partial charge >= 0.3 is 5.97 Å². The summed E-state index contributed by atoms with van der Waals surface area (Å²) in [5.74, 6) is -0.292. The van der Waals surface area contributed by atoms with Crippen molar-refractivity contribution in [2.45, 2.75) is 45.3 Å². The Bertz CT molecular complexity index is 283. The van der Waals surface area contributed by atoms with Crippen LogP contribution in [0.25, 0.3) is 0 Å². The highest BCUT2D eigenvalue weighted by Crippen LogP contribution is 2.20. The molecule has 1 unspecified atom stereocenters. The Labute approximate surface area is 96.2 Å². The van der Waals surface area contributed by atoms with E-state index in [9.17, 15) is 4.79 Å². The molecule has 0 saturated carbocycles. The fraction of sp³-hybridized carbons (Fsp3) is 0.818. The number of amidine groups is 1. The molecule has 5 heteroatoms. The highest BCUT2D eigenvalue weighted by atomic mass is 16.5. The summed E-state index contributed by atoms with van der Waals surface area (Å²) < 4.78 is 10.2. The Morgan fingerprint density at radius 2 is 2.06 bits per heavy atom. The van der Waals surface area contributed by atoms with Crippen LogP contribution >= 0.6 is 0 Å². The van der Waals surface area contributed by atoms with E-state index in [4.69, 9.17) is 14.9 Å². The number of ether oxygens (including phenoxy) is 2. The lowest BCUT2D eigenvalue weighted by atomic mass is 10.2. The van der Waals surface area contributed by atoms with Gasteiger partial charge in [-0.25, -0.2) is 4.79 Å². The summed E-state index contributed by atoms with van der Waals surface area (Å²) in [5, 5.41) is 7.84. The van der Waals surface area contributed by atoms with Crippen LogP contribution in [0.5, 0.6) is 0 Å². The average Bonchev–Trinajstić information content (AvgIpc) is 2.62. The third-order valence-corrected chi connectivity index (χ3v) is 2.39. The molecule has 0 aromatic rings. The topological polar surface area (TPSA) is 62.6 Å². The Hall–Kier alpha value is -1.26. The molecule has 1 heterocycles. The summed E-state index contributed by atoms with van der Waals surface area (Å²) in [6, 6.07) is -0.305. The Balaban J connectivity index is 2.65. The second-order valence-corrected chi connectivity index (χ2v) is 4.89. The highest BCUT2D eigenvalue weighted by molar-refractivity contribution is 5.82. The average molecular weight is 228 g/mol. The molecule has 0 aromatic carbocycles. The van der Waals surface area contributed by atoms with Crippen molar-refractivity contribution in [3.8, 4) is 0 Å². The summed E-state index contributed by atoms with van der Waals surface area (Å²) in [5.41, 5.74) is -0.416. The summed E-state index contributed by atoms with van der Waals surface area (Å²) in [6.45, 7) is 6.31. The van der Waals surface area contributed by atoms with E-state index in [0.717, 1.165) is 12.8 Å². The van der Waals surface area contributed by atoms with E-state index >= 15 is 0 Å². The van der Waals surface area contributed by atoms with Crippen LogP contribution in [0.3, 0.4) is 0 Å². The first-order valence-electron chi connectivity index (χ1n) is 5.47. The molecule has 0 aromatic heterocycles.